The molecule has 0 saturated heterocycles. The molecule has 0 spiro atoms. The van der Waals surface area contributed by atoms with Gasteiger partial charge in [-0.15, -0.1) is 0 Å². The van der Waals surface area contributed by atoms with Crippen LogP contribution in [-0.2, 0) is 11.2 Å². The lowest BCUT2D eigenvalue weighted by atomic mass is 9.83. The predicted molar refractivity (Wildman–Crippen MR) is 104 cm³/mol. The van der Waals surface area contributed by atoms with Crippen LogP contribution in [0.3, 0.4) is 0 Å². The van der Waals surface area contributed by atoms with Crippen molar-refractivity contribution in [2.45, 2.75) is 45.6 Å². The highest BCUT2D eigenvalue weighted by atomic mass is 16.1. The average Bonchev–Trinajstić information content (AvgIpc) is 2.68. The second-order valence-electron chi connectivity index (χ2n) is 6.93. The molecule has 4 nitrogen and oxygen atoms in total. The lowest BCUT2D eigenvalue weighted by molar-refractivity contribution is -0.121. The summed E-state index contributed by atoms with van der Waals surface area (Å²) in [6, 6.07) is 8.40. The molecule has 2 aromatic heterocycles. The van der Waals surface area contributed by atoms with Crippen LogP contribution >= 0.6 is 0 Å². The Labute approximate surface area is 153 Å². The van der Waals surface area contributed by atoms with Crippen LogP contribution in [0.15, 0.2) is 42.9 Å². The quantitative estimate of drug-likeness (QED) is 0.760. The summed E-state index contributed by atoms with van der Waals surface area (Å²) in [5, 5.41) is 4.33. The number of nitrogens with zero attached hydrogens (tertiary/aromatic N) is 2. The van der Waals surface area contributed by atoms with Gasteiger partial charge < -0.3 is 5.32 Å². The standard InChI is InChI=1S/C22H23N3O/c1-3-22(26)25-21-8-4-6-17-18(12-23-13-19(17)21)15-9-10-20-16(14(15)2)7-5-11-24-20/h5,7,9-13,21H,3-4,6,8H2,1-2H3,(H,25,26)/t21-/m1/s1. The first kappa shape index (κ1) is 16.7. The third-order valence-corrected chi connectivity index (χ3v) is 5.39. The Balaban J connectivity index is 1.83. The summed E-state index contributed by atoms with van der Waals surface area (Å²) >= 11 is 0. The van der Waals surface area contributed by atoms with Gasteiger partial charge in [-0.2, -0.15) is 0 Å². The topological polar surface area (TPSA) is 54.9 Å². The number of rotatable bonds is 3. The van der Waals surface area contributed by atoms with E-state index in [4.69, 9.17) is 0 Å². The molecule has 0 bridgehead atoms. The minimum absolute atomic E-state index is 0.0704. The van der Waals surface area contributed by atoms with E-state index in [1.165, 1.54) is 33.2 Å². The smallest absolute Gasteiger partial charge is 0.220 e. The number of hydrogen-bond acceptors (Lipinski definition) is 3. The predicted octanol–water partition coefficient (Wildman–Crippen LogP) is 4.51. The molecule has 1 aromatic carbocycles. The minimum Gasteiger partial charge on any atom is -0.349 e. The second-order valence-corrected chi connectivity index (χ2v) is 6.93. The summed E-state index contributed by atoms with van der Waals surface area (Å²) < 4.78 is 0. The van der Waals surface area contributed by atoms with E-state index in [1.807, 2.05) is 31.6 Å². The van der Waals surface area contributed by atoms with E-state index >= 15 is 0 Å². The first-order valence-corrected chi connectivity index (χ1v) is 9.30. The molecule has 0 fully saturated rings. The van der Waals surface area contributed by atoms with Crippen molar-refractivity contribution in [2.75, 3.05) is 0 Å². The van der Waals surface area contributed by atoms with Crippen LogP contribution in [0.4, 0.5) is 0 Å². The number of amides is 1. The Kier molecular flexibility index (Phi) is 4.41. The Bertz CT molecular complexity index is 980. The lowest BCUT2D eigenvalue weighted by Crippen LogP contribution is -2.30. The van der Waals surface area contributed by atoms with Crippen molar-refractivity contribution in [2.24, 2.45) is 0 Å². The van der Waals surface area contributed by atoms with Gasteiger partial charge in [-0.05, 0) is 60.6 Å². The lowest BCUT2D eigenvalue weighted by Gasteiger charge is -2.28. The number of carbonyl (C=O) groups excluding carboxylic acids is 1. The summed E-state index contributed by atoms with van der Waals surface area (Å²) in [6.45, 7) is 4.04. The van der Waals surface area contributed by atoms with Crippen LogP contribution in [0.2, 0.25) is 0 Å². The van der Waals surface area contributed by atoms with Gasteiger partial charge in [0.05, 0.1) is 11.6 Å². The number of carbonyl (C=O) groups is 1. The van der Waals surface area contributed by atoms with Crippen molar-refractivity contribution in [1.82, 2.24) is 15.3 Å². The fraction of sp³-hybridized carbons (Fsp3) is 0.318. The second kappa shape index (κ2) is 6.87. The SMILES string of the molecule is CCC(=O)N[C@@H]1CCCc2c(-c3ccc4ncccc4c3C)cncc21. The third kappa shape index (κ3) is 2.85. The maximum atomic E-state index is 11.9. The molecule has 1 amide bonds. The van der Waals surface area contributed by atoms with Gasteiger partial charge in [0.15, 0.2) is 0 Å². The molecule has 132 valence electrons. The zero-order chi connectivity index (χ0) is 18.1. The van der Waals surface area contributed by atoms with Crippen LogP contribution in [0.25, 0.3) is 22.0 Å². The van der Waals surface area contributed by atoms with E-state index in [9.17, 15) is 4.79 Å². The minimum atomic E-state index is 0.0704. The third-order valence-electron chi connectivity index (χ3n) is 5.39. The van der Waals surface area contributed by atoms with Crippen LogP contribution < -0.4 is 5.32 Å². The number of hydrogen-bond donors (Lipinski definition) is 1. The molecule has 2 heterocycles. The van der Waals surface area contributed by atoms with Crippen LogP contribution in [0.1, 0.15) is 48.9 Å². The number of fused-ring (bicyclic) bond motifs is 2. The molecule has 1 N–H and O–H groups in total. The number of aryl methyl sites for hydroxylation is 1. The first-order valence-electron chi connectivity index (χ1n) is 9.30. The van der Waals surface area contributed by atoms with Crippen molar-refractivity contribution in [1.29, 1.82) is 0 Å². The molecule has 0 unspecified atom stereocenters. The van der Waals surface area contributed by atoms with Crippen molar-refractivity contribution < 1.29 is 4.79 Å². The Morgan fingerprint density at radius 2 is 2.12 bits per heavy atom. The molecule has 0 aliphatic heterocycles. The summed E-state index contributed by atoms with van der Waals surface area (Å²) in [7, 11) is 0. The molecule has 3 aromatic rings. The normalized spacial score (nSPS) is 16.3. The number of aromatic nitrogens is 2. The van der Waals surface area contributed by atoms with Crippen LogP contribution in [0.5, 0.6) is 0 Å². The Morgan fingerprint density at radius 1 is 1.23 bits per heavy atom. The van der Waals surface area contributed by atoms with Gasteiger partial charge in [0, 0.05) is 36.0 Å². The summed E-state index contributed by atoms with van der Waals surface area (Å²) in [6.07, 6.45) is 9.31. The van der Waals surface area contributed by atoms with E-state index in [0.717, 1.165) is 24.8 Å². The largest absolute Gasteiger partial charge is 0.349 e. The van der Waals surface area contributed by atoms with E-state index in [-0.39, 0.29) is 11.9 Å². The average molecular weight is 345 g/mol. The number of pyridine rings is 2. The van der Waals surface area contributed by atoms with Crippen LogP contribution in [-0.4, -0.2) is 15.9 Å². The number of nitrogens with one attached hydrogen (secondary N) is 1. The zero-order valence-corrected chi connectivity index (χ0v) is 15.2. The fourth-order valence-corrected chi connectivity index (χ4v) is 3.99. The summed E-state index contributed by atoms with van der Waals surface area (Å²) in [4.78, 5) is 20.9. The maximum absolute atomic E-state index is 11.9. The van der Waals surface area contributed by atoms with E-state index in [0.29, 0.717) is 6.42 Å². The molecule has 1 aliphatic carbocycles. The van der Waals surface area contributed by atoms with E-state index in [2.05, 4.69) is 40.4 Å². The van der Waals surface area contributed by atoms with Gasteiger partial charge in [-0.1, -0.05) is 19.1 Å². The van der Waals surface area contributed by atoms with Gasteiger partial charge in [-0.25, -0.2) is 0 Å². The molecule has 26 heavy (non-hydrogen) atoms. The molecule has 0 saturated carbocycles. The summed E-state index contributed by atoms with van der Waals surface area (Å²) in [5.74, 6) is 0.0983. The molecule has 4 rings (SSSR count). The van der Waals surface area contributed by atoms with E-state index in [1.54, 1.807) is 0 Å². The zero-order valence-electron chi connectivity index (χ0n) is 15.2. The monoisotopic (exact) mass is 345 g/mol. The van der Waals surface area contributed by atoms with Crippen molar-refractivity contribution >= 4 is 16.8 Å². The Hall–Kier alpha value is -2.75. The highest BCUT2D eigenvalue weighted by molar-refractivity contribution is 5.89. The van der Waals surface area contributed by atoms with Crippen molar-refractivity contribution in [3.63, 3.8) is 0 Å². The summed E-state index contributed by atoms with van der Waals surface area (Å²) in [5.41, 5.74) is 7.11. The van der Waals surface area contributed by atoms with E-state index < -0.39 is 0 Å². The molecular formula is C22H23N3O. The first-order chi connectivity index (χ1) is 12.7. The maximum Gasteiger partial charge on any atom is 0.220 e. The highest BCUT2D eigenvalue weighted by Gasteiger charge is 2.24. The van der Waals surface area contributed by atoms with Gasteiger partial charge in [-0.3, -0.25) is 14.8 Å². The van der Waals surface area contributed by atoms with Crippen molar-refractivity contribution in [3.8, 4) is 11.1 Å². The molecule has 0 radical (unpaired) electrons. The van der Waals surface area contributed by atoms with Gasteiger partial charge in [0.1, 0.15) is 0 Å². The molecule has 4 heteroatoms. The fourth-order valence-electron chi connectivity index (χ4n) is 3.99. The molecule has 1 aliphatic rings. The Morgan fingerprint density at radius 3 is 2.96 bits per heavy atom. The molecule has 1 atom stereocenters. The van der Waals surface area contributed by atoms with Crippen LogP contribution in [0, 0.1) is 6.92 Å². The van der Waals surface area contributed by atoms with Crippen molar-refractivity contribution in [3.05, 3.63) is 59.5 Å². The number of benzene rings is 1. The van der Waals surface area contributed by atoms with Gasteiger partial charge >= 0.3 is 0 Å². The molecular weight excluding hydrogens is 322 g/mol. The van der Waals surface area contributed by atoms with Gasteiger partial charge in [0.25, 0.3) is 0 Å². The highest BCUT2D eigenvalue weighted by Crippen LogP contribution is 2.38. The van der Waals surface area contributed by atoms with Gasteiger partial charge in [0.2, 0.25) is 5.91 Å².